The monoisotopic (exact) mass is 403 g/mol. The molecule has 1 saturated heterocycles. The van der Waals surface area contributed by atoms with Crippen molar-refractivity contribution in [1.29, 1.82) is 0 Å². The van der Waals surface area contributed by atoms with Crippen molar-refractivity contribution in [3.63, 3.8) is 0 Å². The summed E-state index contributed by atoms with van der Waals surface area (Å²) in [5.74, 6) is 0.788. The number of ether oxygens (including phenoxy) is 1. The molecule has 1 heterocycles. The largest absolute Gasteiger partial charge is 0.491 e. The maximum absolute atomic E-state index is 11.7. The number of benzene rings is 2. The van der Waals surface area contributed by atoms with Crippen molar-refractivity contribution in [2.45, 2.75) is 19.4 Å². The Bertz CT molecular complexity index is 774. The van der Waals surface area contributed by atoms with Crippen LogP contribution in [0, 0.1) is 0 Å². The number of hydrogen-bond donors (Lipinski definition) is 2. The van der Waals surface area contributed by atoms with E-state index in [-0.39, 0.29) is 12.4 Å². The van der Waals surface area contributed by atoms with Gasteiger partial charge in [0.15, 0.2) is 5.78 Å². The van der Waals surface area contributed by atoms with Crippen molar-refractivity contribution in [1.82, 2.24) is 0 Å². The number of carbonyl (C=O) groups excluding carboxylic acids is 1. The Labute approximate surface area is 171 Å². The zero-order valence-corrected chi connectivity index (χ0v) is 17.0. The molecular weight excluding hydrogens is 376 g/mol. The van der Waals surface area contributed by atoms with Crippen LogP contribution in [-0.4, -0.2) is 56.3 Å². The molecule has 150 valence electrons. The highest BCUT2D eigenvalue weighted by atomic mass is 35.5. The van der Waals surface area contributed by atoms with Crippen LogP contribution in [0.2, 0.25) is 5.02 Å². The van der Waals surface area contributed by atoms with Crippen LogP contribution >= 0.6 is 11.6 Å². The number of quaternary nitrogens is 1. The molecule has 0 spiro atoms. The molecular formula is C22H28ClN2O3+. The number of rotatable bonds is 8. The molecule has 1 fully saturated rings. The van der Waals surface area contributed by atoms with Crippen LogP contribution in [0.1, 0.15) is 23.7 Å². The summed E-state index contributed by atoms with van der Waals surface area (Å²) in [6, 6.07) is 15.0. The second kappa shape index (κ2) is 9.92. The summed E-state index contributed by atoms with van der Waals surface area (Å²) in [6.07, 6.45) is -0.0374. The predicted molar refractivity (Wildman–Crippen MR) is 112 cm³/mol. The van der Waals surface area contributed by atoms with Gasteiger partial charge in [-0.25, -0.2) is 0 Å². The molecule has 28 heavy (non-hydrogen) atoms. The van der Waals surface area contributed by atoms with Gasteiger partial charge < -0.3 is 19.6 Å². The first kappa shape index (κ1) is 20.6. The van der Waals surface area contributed by atoms with E-state index < -0.39 is 6.10 Å². The van der Waals surface area contributed by atoms with E-state index in [2.05, 4.69) is 11.0 Å². The van der Waals surface area contributed by atoms with E-state index in [4.69, 9.17) is 16.3 Å². The normalized spacial score (nSPS) is 16.0. The number of hydrogen-bond acceptors (Lipinski definition) is 4. The average Bonchev–Trinajstić information content (AvgIpc) is 2.73. The predicted octanol–water partition coefficient (Wildman–Crippen LogP) is 2.08. The summed E-state index contributed by atoms with van der Waals surface area (Å²) in [5.41, 5.74) is 1.77. The number of nitrogens with zero attached hydrogens (tertiary/aromatic N) is 1. The topological polar surface area (TPSA) is 54.2 Å². The molecule has 2 aromatic rings. The van der Waals surface area contributed by atoms with E-state index in [0.29, 0.717) is 24.3 Å². The Balaban J connectivity index is 1.41. The highest BCUT2D eigenvalue weighted by molar-refractivity contribution is 6.33. The molecule has 2 aromatic carbocycles. The molecule has 6 heteroatoms. The lowest BCUT2D eigenvalue weighted by molar-refractivity contribution is -0.903. The molecule has 0 aliphatic carbocycles. The molecule has 0 radical (unpaired) electrons. The lowest BCUT2D eigenvalue weighted by Gasteiger charge is -2.34. The minimum atomic E-state index is -0.529. The van der Waals surface area contributed by atoms with Gasteiger partial charge in [-0.3, -0.25) is 4.79 Å². The third kappa shape index (κ3) is 5.47. The Hall–Kier alpha value is -2.08. The summed E-state index contributed by atoms with van der Waals surface area (Å²) in [4.78, 5) is 15.3. The number of ketones is 1. The number of anilines is 1. The summed E-state index contributed by atoms with van der Waals surface area (Å²) in [5, 5.41) is 11.1. The van der Waals surface area contributed by atoms with Crippen LogP contribution in [0.25, 0.3) is 0 Å². The first-order valence-corrected chi connectivity index (χ1v) is 10.2. The molecule has 1 aliphatic rings. The molecule has 0 saturated carbocycles. The molecule has 1 atom stereocenters. The van der Waals surface area contributed by atoms with Gasteiger partial charge in [0.25, 0.3) is 0 Å². The van der Waals surface area contributed by atoms with Crippen LogP contribution in [0.15, 0.2) is 48.5 Å². The Kier molecular flexibility index (Phi) is 7.31. The van der Waals surface area contributed by atoms with E-state index in [1.807, 2.05) is 25.1 Å². The fraction of sp³-hybridized carbons (Fsp3) is 0.409. The number of Topliss-reactive ketones (excluding diaryl/α,β-unsaturated/α-hetero) is 1. The van der Waals surface area contributed by atoms with Gasteiger partial charge in [0.05, 0.1) is 36.9 Å². The second-order valence-corrected chi connectivity index (χ2v) is 7.57. The van der Waals surface area contributed by atoms with Crippen LogP contribution in [0.3, 0.4) is 0 Å². The fourth-order valence-corrected chi connectivity index (χ4v) is 3.76. The molecule has 0 aromatic heterocycles. The van der Waals surface area contributed by atoms with Crippen molar-refractivity contribution in [3.8, 4) is 5.75 Å². The fourth-order valence-electron chi connectivity index (χ4n) is 3.50. The highest BCUT2D eigenvalue weighted by Gasteiger charge is 2.23. The van der Waals surface area contributed by atoms with Gasteiger partial charge in [0, 0.05) is 12.0 Å². The molecule has 0 bridgehead atoms. The number of aliphatic hydroxyl groups is 1. The summed E-state index contributed by atoms with van der Waals surface area (Å²) in [6.45, 7) is 6.49. The maximum atomic E-state index is 11.7. The van der Waals surface area contributed by atoms with Gasteiger partial charge in [0.2, 0.25) is 0 Å². The number of piperazine rings is 1. The number of para-hydroxylation sites is 1. The standard InChI is InChI=1S/C22H27ClN2O3/c1-2-22(27)17-7-9-19(10-8-17)28-16-18(26)15-24-11-13-25(14-12-24)21-6-4-3-5-20(21)23/h3-10,18,26H,2,11-16H2,1H3/p+1/t18-/m0/s1. The minimum Gasteiger partial charge on any atom is -0.491 e. The average molecular weight is 404 g/mol. The van der Waals surface area contributed by atoms with Crippen LogP contribution < -0.4 is 14.5 Å². The highest BCUT2D eigenvalue weighted by Crippen LogP contribution is 2.24. The molecule has 3 rings (SSSR count). The lowest BCUT2D eigenvalue weighted by Crippen LogP contribution is -3.16. The van der Waals surface area contributed by atoms with Gasteiger partial charge in [-0.15, -0.1) is 0 Å². The first-order valence-electron chi connectivity index (χ1n) is 9.84. The van der Waals surface area contributed by atoms with E-state index in [9.17, 15) is 9.90 Å². The number of halogens is 1. The third-order valence-corrected chi connectivity index (χ3v) is 5.45. The number of carbonyl (C=O) groups is 1. The number of aliphatic hydroxyl groups excluding tert-OH is 1. The van der Waals surface area contributed by atoms with Crippen molar-refractivity contribution >= 4 is 23.1 Å². The molecule has 0 unspecified atom stereocenters. The first-order chi connectivity index (χ1) is 13.6. The molecule has 0 amide bonds. The summed E-state index contributed by atoms with van der Waals surface area (Å²) < 4.78 is 5.68. The quantitative estimate of drug-likeness (QED) is 0.663. The number of nitrogens with one attached hydrogen (secondary N) is 1. The second-order valence-electron chi connectivity index (χ2n) is 7.16. The van der Waals surface area contributed by atoms with E-state index >= 15 is 0 Å². The van der Waals surface area contributed by atoms with E-state index in [1.54, 1.807) is 24.3 Å². The van der Waals surface area contributed by atoms with Gasteiger partial charge in [-0.05, 0) is 36.4 Å². The SMILES string of the molecule is CCC(=O)c1ccc(OC[C@@H](O)C[NH+]2CCN(c3ccccc3Cl)CC2)cc1. The smallest absolute Gasteiger partial charge is 0.162 e. The maximum Gasteiger partial charge on any atom is 0.162 e. The zero-order chi connectivity index (χ0) is 19.9. The van der Waals surface area contributed by atoms with Crippen LogP contribution in [0.5, 0.6) is 5.75 Å². The summed E-state index contributed by atoms with van der Waals surface area (Å²) >= 11 is 6.29. The van der Waals surface area contributed by atoms with Crippen LogP contribution in [0.4, 0.5) is 5.69 Å². The van der Waals surface area contributed by atoms with Crippen molar-refractivity contribution in [2.24, 2.45) is 0 Å². The third-order valence-electron chi connectivity index (χ3n) is 5.13. The minimum absolute atomic E-state index is 0.117. The van der Waals surface area contributed by atoms with Gasteiger partial charge in [-0.2, -0.15) is 0 Å². The van der Waals surface area contributed by atoms with Crippen LogP contribution in [-0.2, 0) is 0 Å². The summed E-state index contributed by atoms with van der Waals surface area (Å²) in [7, 11) is 0. The van der Waals surface area contributed by atoms with Crippen molar-refractivity contribution < 1.29 is 19.5 Å². The van der Waals surface area contributed by atoms with E-state index in [1.165, 1.54) is 4.90 Å². The molecule has 1 aliphatic heterocycles. The lowest BCUT2D eigenvalue weighted by atomic mass is 10.1. The zero-order valence-electron chi connectivity index (χ0n) is 16.2. The van der Waals surface area contributed by atoms with Crippen molar-refractivity contribution in [2.75, 3.05) is 44.2 Å². The van der Waals surface area contributed by atoms with Crippen molar-refractivity contribution in [3.05, 3.63) is 59.1 Å². The van der Waals surface area contributed by atoms with Gasteiger partial charge >= 0.3 is 0 Å². The Morgan fingerprint density at radius 2 is 1.86 bits per heavy atom. The molecule has 2 N–H and O–H groups in total. The van der Waals surface area contributed by atoms with Gasteiger partial charge in [0.1, 0.15) is 25.0 Å². The Morgan fingerprint density at radius 3 is 2.50 bits per heavy atom. The Morgan fingerprint density at radius 1 is 1.18 bits per heavy atom. The van der Waals surface area contributed by atoms with E-state index in [0.717, 1.165) is 36.9 Å². The van der Waals surface area contributed by atoms with Gasteiger partial charge in [-0.1, -0.05) is 30.7 Å². The molecule has 5 nitrogen and oxygen atoms in total.